The molecule has 1 fully saturated rings. The first-order valence-corrected chi connectivity index (χ1v) is 10.8. The summed E-state index contributed by atoms with van der Waals surface area (Å²) < 4.78 is 5.70. The Kier molecular flexibility index (Phi) is 6.83. The number of nitrogens with zero attached hydrogens (tertiary/aromatic N) is 4. The minimum Gasteiger partial charge on any atom is -0.444 e. The summed E-state index contributed by atoms with van der Waals surface area (Å²) >= 11 is 6.18. The average Bonchev–Trinajstić information content (AvgIpc) is 3.12. The first-order chi connectivity index (χ1) is 13.8. The van der Waals surface area contributed by atoms with E-state index >= 15 is 0 Å². The SMILES string of the molecule is CCCCCN(C(=O)OC(C)(C)C)C1CCN(c2nc(Cl)nc3ccccc23)C1. The van der Waals surface area contributed by atoms with Crippen molar-refractivity contribution in [2.45, 2.75) is 65.0 Å². The maximum Gasteiger partial charge on any atom is 0.410 e. The van der Waals surface area contributed by atoms with Crippen LogP contribution in [0.4, 0.5) is 10.6 Å². The second-order valence-corrected chi connectivity index (χ2v) is 8.94. The van der Waals surface area contributed by atoms with Gasteiger partial charge < -0.3 is 14.5 Å². The van der Waals surface area contributed by atoms with Gasteiger partial charge in [-0.15, -0.1) is 0 Å². The first kappa shape index (κ1) is 21.6. The van der Waals surface area contributed by atoms with Crippen LogP contribution in [-0.4, -0.2) is 52.2 Å². The highest BCUT2D eigenvalue weighted by Crippen LogP contribution is 2.30. The molecule has 0 aliphatic carbocycles. The Morgan fingerprint density at radius 1 is 1.28 bits per heavy atom. The quantitative estimate of drug-likeness (QED) is 0.471. The van der Waals surface area contributed by atoms with Crippen molar-refractivity contribution in [3.63, 3.8) is 0 Å². The third-order valence-corrected chi connectivity index (χ3v) is 5.26. The molecule has 3 rings (SSSR count). The van der Waals surface area contributed by atoms with Crippen molar-refractivity contribution in [2.24, 2.45) is 0 Å². The fourth-order valence-corrected chi connectivity index (χ4v) is 3.91. The summed E-state index contributed by atoms with van der Waals surface area (Å²) in [5.41, 5.74) is 0.326. The highest BCUT2D eigenvalue weighted by Gasteiger charge is 2.34. The Morgan fingerprint density at radius 2 is 2.03 bits per heavy atom. The number of carbonyl (C=O) groups excluding carboxylic acids is 1. The molecule has 7 heteroatoms. The molecule has 0 spiro atoms. The number of carbonyl (C=O) groups is 1. The monoisotopic (exact) mass is 418 g/mol. The van der Waals surface area contributed by atoms with E-state index in [4.69, 9.17) is 16.3 Å². The van der Waals surface area contributed by atoms with Crippen LogP contribution in [0, 0.1) is 0 Å². The molecule has 1 aromatic carbocycles. The standard InChI is InChI=1S/C22H31ClN4O2/c1-5-6-9-13-27(21(28)29-22(2,3)4)16-12-14-26(15-16)19-17-10-7-8-11-18(17)24-20(23)25-19/h7-8,10-11,16H,5-6,9,12-15H2,1-4H3. The van der Waals surface area contributed by atoms with Crippen molar-refractivity contribution in [1.29, 1.82) is 0 Å². The number of hydrogen-bond donors (Lipinski definition) is 0. The van der Waals surface area contributed by atoms with Gasteiger partial charge in [0.05, 0.1) is 11.6 Å². The zero-order valence-electron chi connectivity index (χ0n) is 17.8. The van der Waals surface area contributed by atoms with E-state index in [2.05, 4.69) is 21.8 Å². The van der Waals surface area contributed by atoms with Crippen LogP contribution in [0.3, 0.4) is 0 Å². The molecule has 1 aliphatic heterocycles. The minimum atomic E-state index is -0.505. The number of anilines is 1. The molecule has 1 aliphatic rings. The van der Waals surface area contributed by atoms with Gasteiger partial charge in [0.25, 0.3) is 0 Å². The van der Waals surface area contributed by atoms with Crippen LogP contribution >= 0.6 is 11.6 Å². The molecule has 0 N–H and O–H groups in total. The molecule has 1 saturated heterocycles. The molecule has 2 heterocycles. The molecule has 158 valence electrons. The first-order valence-electron chi connectivity index (χ1n) is 10.5. The molecular weight excluding hydrogens is 388 g/mol. The Labute approximate surface area is 178 Å². The summed E-state index contributed by atoms with van der Waals surface area (Å²) in [4.78, 5) is 25.8. The summed E-state index contributed by atoms with van der Waals surface area (Å²) in [6, 6.07) is 7.97. The number of rotatable bonds is 6. The maximum absolute atomic E-state index is 12.9. The van der Waals surface area contributed by atoms with E-state index < -0.39 is 5.60 Å². The molecule has 29 heavy (non-hydrogen) atoms. The summed E-state index contributed by atoms with van der Waals surface area (Å²) in [5, 5.41) is 1.22. The van der Waals surface area contributed by atoms with Crippen LogP contribution in [0.15, 0.2) is 24.3 Å². The lowest BCUT2D eigenvalue weighted by Crippen LogP contribution is -2.45. The zero-order valence-corrected chi connectivity index (χ0v) is 18.6. The number of halogens is 1. The Hall–Kier alpha value is -2.08. The lowest BCUT2D eigenvalue weighted by molar-refractivity contribution is 0.0174. The number of amides is 1. The van der Waals surface area contributed by atoms with E-state index in [0.717, 1.165) is 48.9 Å². The van der Waals surface area contributed by atoms with E-state index in [1.165, 1.54) is 0 Å². The van der Waals surface area contributed by atoms with Crippen molar-refractivity contribution in [1.82, 2.24) is 14.9 Å². The van der Waals surface area contributed by atoms with Gasteiger partial charge in [-0.1, -0.05) is 31.9 Å². The van der Waals surface area contributed by atoms with Crippen molar-refractivity contribution in [2.75, 3.05) is 24.5 Å². The third-order valence-electron chi connectivity index (χ3n) is 5.09. The number of aromatic nitrogens is 2. The van der Waals surface area contributed by atoms with Crippen molar-refractivity contribution in [3.05, 3.63) is 29.5 Å². The molecule has 0 radical (unpaired) electrons. The molecule has 2 aromatic rings. The summed E-state index contributed by atoms with van der Waals surface area (Å²) in [6.45, 7) is 10.1. The van der Waals surface area contributed by atoms with Crippen LogP contribution in [0.1, 0.15) is 53.4 Å². The molecule has 0 saturated carbocycles. The number of hydrogen-bond acceptors (Lipinski definition) is 5. The molecule has 0 bridgehead atoms. The number of fused-ring (bicyclic) bond motifs is 1. The van der Waals surface area contributed by atoms with Gasteiger partial charge in [-0.25, -0.2) is 9.78 Å². The van der Waals surface area contributed by atoms with E-state index in [0.29, 0.717) is 13.1 Å². The second-order valence-electron chi connectivity index (χ2n) is 8.60. The van der Waals surface area contributed by atoms with Gasteiger partial charge >= 0.3 is 6.09 Å². The van der Waals surface area contributed by atoms with Gasteiger partial charge in [-0.3, -0.25) is 0 Å². The molecule has 1 aromatic heterocycles. The third kappa shape index (κ3) is 5.50. The van der Waals surface area contributed by atoms with Gasteiger partial charge in [0.15, 0.2) is 0 Å². The van der Waals surface area contributed by atoms with E-state index in [9.17, 15) is 4.79 Å². The fourth-order valence-electron chi connectivity index (χ4n) is 3.74. The van der Waals surface area contributed by atoms with Crippen molar-refractivity contribution < 1.29 is 9.53 Å². The highest BCUT2D eigenvalue weighted by molar-refractivity contribution is 6.28. The van der Waals surface area contributed by atoms with Crippen LogP contribution in [0.25, 0.3) is 10.9 Å². The minimum absolute atomic E-state index is 0.0919. The summed E-state index contributed by atoms with van der Waals surface area (Å²) in [5.74, 6) is 0.834. The lowest BCUT2D eigenvalue weighted by atomic mass is 10.2. The predicted octanol–water partition coefficient (Wildman–Crippen LogP) is 5.29. The molecule has 6 nitrogen and oxygen atoms in total. The van der Waals surface area contributed by atoms with Gasteiger partial charge in [0.1, 0.15) is 11.4 Å². The van der Waals surface area contributed by atoms with E-state index in [-0.39, 0.29) is 17.4 Å². The lowest BCUT2D eigenvalue weighted by Gasteiger charge is -2.32. The van der Waals surface area contributed by atoms with Crippen LogP contribution < -0.4 is 4.90 Å². The van der Waals surface area contributed by atoms with Crippen LogP contribution in [0.5, 0.6) is 0 Å². The smallest absolute Gasteiger partial charge is 0.410 e. The number of unbranched alkanes of at least 4 members (excludes halogenated alkanes) is 2. The largest absolute Gasteiger partial charge is 0.444 e. The van der Waals surface area contributed by atoms with Crippen molar-refractivity contribution in [3.8, 4) is 0 Å². The average molecular weight is 419 g/mol. The Morgan fingerprint density at radius 3 is 2.76 bits per heavy atom. The van der Waals surface area contributed by atoms with Gasteiger partial charge in [-0.05, 0) is 57.3 Å². The second kappa shape index (κ2) is 9.16. The zero-order chi connectivity index (χ0) is 21.0. The number of ether oxygens (including phenoxy) is 1. The normalized spacial score (nSPS) is 17.0. The Bertz CT molecular complexity index is 852. The molecule has 1 atom stereocenters. The Balaban J connectivity index is 1.80. The predicted molar refractivity (Wildman–Crippen MR) is 118 cm³/mol. The number of benzene rings is 1. The topological polar surface area (TPSA) is 58.6 Å². The van der Waals surface area contributed by atoms with Gasteiger partial charge in [-0.2, -0.15) is 4.98 Å². The fraction of sp³-hybridized carbons (Fsp3) is 0.591. The number of para-hydroxylation sites is 1. The van der Waals surface area contributed by atoms with Crippen LogP contribution in [-0.2, 0) is 4.74 Å². The molecular formula is C22H31ClN4O2. The summed E-state index contributed by atoms with van der Waals surface area (Å²) in [7, 11) is 0. The summed E-state index contributed by atoms with van der Waals surface area (Å²) in [6.07, 6.45) is 3.84. The maximum atomic E-state index is 12.9. The van der Waals surface area contributed by atoms with E-state index in [1.54, 1.807) is 0 Å². The van der Waals surface area contributed by atoms with Crippen molar-refractivity contribution >= 4 is 34.4 Å². The molecule has 1 unspecified atom stereocenters. The van der Waals surface area contributed by atoms with Gasteiger partial charge in [0, 0.05) is 25.0 Å². The highest BCUT2D eigenvalue weighted by atomic mass is 35.5. The van der Waals surface area contributed by atoms with Crippen LogP contribution in [0.2, 0.25) is 5.28 Å². The van der Waals surface area contributed by atoms with E-state index in [1.807, 2.05) is 49.9 Å². The molecule has 1 amide bonds. The van der Waals surface area contributed by atoms with Gasteiger partial charge in [0.2, 0.25) is 5.28 Å².